The Morgan fingerprint density at radius 3 is 1.12 bits per heavy atom. The maximum absolute atomic E-state index is 14.2. The van der Waals surface area contributed by atoms with Crippen LogP contribution in [0.3, 0.4) is 0 Å². The maximum Gasteiger partial charge on any atom is 0.397 e. The second-order valence-electron chi connectivity index (χ2n) is 31.0. The van der Waals surface area contributed by atoms with Gasteiger partial charge in [-0.05, 0) is 124 Å². The van der Waals surface area contributed by atoms with E-state index in [9.17, 15) is 53.2 Å². The first-order chi connectivity index (χ1) is 44.7. The molecule has 7 N–H and O–H groups in total. The number of esters is 2. The van der Waals surface area contributed by atoms with Crippen molar-refractivity contribution in [3.05, 3.63) is 0 Å². The molecule has 2 heterocycles. The van der Waals surface area contributed by atoms with Gasteiger partial charge in [0.2, 0.25) is 6.29 Å². The highest BCUT2D eigenvalue weighted by Crippen LogP contribution is 2.36. The minimum Gasteiger partial charge on any atom is -0.455 e. The lowest BCUT2D eigenvalue weighted by Gasteiger charge is -2.46. The summed E-state index contributed by atoms with van der Waals surface area (Å²) in [6, 6.07) is 0. The number of aliphatic hydroxyl groups is 6. The van der Waals surface area contributed by atoms with E-state index >= 15 is 0 Å². The smallest absolute Gasteiger partial charge is 0.397 e. The number of aliphatic hydroxyl groups excluding tert-OH is 6. The molecule has 2 aliphatic heterocycles. The van der Waals surface area contributed by atoms with Crippen LogP contribution >= 0.6 is 0 Å². The molecule has 0 aromatic carbocycles. The van der Waals surface area contributed by atoms with Crippen LogP contribution in [0.15, 0.2) is 0 Å². The second-order valence-corrected chi connectivity index (χ2v) is 32.1. The van der Waals surface area contributed by atoms with Crippen LogP contribution < -0.4 is 0 Å². The molecule has 0 aromatic heterocycles. The van der Waals surface area contributed by atoms with E-state index in [-0.39, 0.29) is 18.4 Å². The molecule has 558 valence electrons. The third-order valence-electron chi connectivity index (χ3n) is 20.5. The number of rotatable bonds is 58. The summed E-state index contributed by atoms with van der Waals surface area (Å²) in [5, 5.41) is 64.5. The van der Waals surface area contributed by atoms with Crippen LogP contribution in [-0.4, -0.2) is 136 Å². The topological polar surface area (TPSA) is 265 Å². The zero-order valence-corrected chi connectivity index (χ0v) is 62.6. The Hall–Kier alpha value is -1.55. The SMILES string of the molecule is CCCCCCCCCCCCCCCCCC(=O)OC1C(O)C(CO)OC(OC2OC(CO)C(O)C(O)C2OS(=O)(=O)O)C1OC(=O)C(C)CC(C)CC(C)CC(C)CC(C)CC(C)CC(C)CC(C)CC(C)CC(C)C(O)CCCCCCCCCCCCCCC. The molecule has 2 aliphatic rings. The van der Waals surface area contributed by atoms with Gasteiger partial charge >= 0.3 is 22.3 Å². The van der Waals surface area contributed by atoms with Crippen molar-refractivity contribution in [2.24, 2.45) is 59.2 Å². The van der Waals surface area contributed by atoms with Gasteiger partial charge in [0, 0.05) is 6.42 Å². The summed E-state index contributed by atoms with van der Waals surface area (Å²) in [5.41, 5.74) is 0. The van der Waals surface area contributed by atoms with Gasteiger partial charge < -0.3 is 54.3 Å². The van der Waals surface area contributed by atoms with E-state index < -0.39 is 103 Å². The lowest BCUT2D eigenvalue weighted by atomic mass is 9.79. The quantitative estimate of drug-likeness (QED) is 0.0169. The molecule has 94 heavy (non-hydrogen) atoms. The molecule has 21 unspecified atom stereocenters. The Labute approximate surface area is 574 Å². The van der Waals surface area contributed by atoms with E-state index in [2.05, 4.69) is 80.3 Å². The van der Waals surface area contributed by atoms with E-state index in [0.29, 0.717) is 60.2 Å². The molecule has 21 atom stereocenters. The van der Waals surface area contributed by atoms with Gasteiger partial charge in [-0.25, -0.2) is 4.18 Å². The van der Waals surface area contributed by atoms with Crippen LogP contribution in [0.1, 0.15) is 333 Å². The fourth-order valence-electron chi connectivity index (χ4n) is 15.8. The Morgan fingerprint density at radius 1 is 0.415 bits per heavy atom. The minimum absolute atomic E-state index is 0.0226. The average molecular weight is 1360 g/mol. The summed E-state index contributed by atoms with van der Waals surface area (Å²) in [6.07, 6.45) is 26.3. The Kier molecular flexibility index (Phi) is 48.6. The highest BCUT2D eigenvalue weighted by Gasteiger charge is 2.55. The number of ether oxygens (including phenoxy) is 5. The van der Waals surface area contributed by atoms with Gasteiger partial charge in [0.05, 0.1) is 25.2 Å². The molecule has 0 saturated carbocycles. The number of unbranched alkanes of at least 4 members (excludes halogenated alkanes) is 26. The van der Waals surface area contributed by atoms with E-state index in [1.807, 2.05) is 0 Å². The van der Waals surface area contributed by atoms with E-state index in [0.717, 1.165) is 64.2 Å². The molecule has 17 nitrogen and oxygen atoms in total. The third-order valence-corrected chi connectivity index (χ3v) is 20.9. The van der Waals surface area contributed by atoms with Crippen LogP contribution in [-0.2, 0) is 47.9 Å². The second kappa shape index (κ2) is 51.6. The predicted octanol–water partition coefficient (Wildman–Crippen LogP) is 16.5. The fourth-order valence-corrected chi connectivity index (χ4v) is 16.3. The first kappa shape index (κ1) is 88.5. The molecule has 0 aromatic rings. The first-order valence-electron chi connectivity index (χ1n) is 38.7. The van der Waals surface area contributed by atoms with Gasteiger partial charge in [-0.2, -0.15) is 8.42 Å². The van der Waals surface area contributed by atoms with Gasteiger partial charge in [-0.1, -0.05) is 256 Å². The summed E-state index contributed by atoms with van der Waals surface area (Å²) in [6.45, 7) is 25.4. The Morgan fingerprint density at radius 2 is 0.745 bits per heavy atom. The summed E-state index contributed by atoms with van der Waals surface area (Å²) >= 11 is 0. The zero-order chi connectivity index (χ0) is 70.0. The van der Waals surface area contributed by atoms with Crippen molar-refractivity contribution in [1.29, 1.82) is 0 Å². The van der Waals surface area contributed by atoms with Crippen LogP contribution in [0.5, 0.6) is 0 Å². The van der Waals surface area contributed by atoms with Crippen molar-refractivity contribution in [3.8, 4) is 0 Å². The van der Waals surface area contributed by atoms with Crippen LogP contribution in [0.4, 0.5) is 0 Å². The monoisotopic (exact) mass is 1360 g/mol. The molecule has 2 saturated heterocycles. The predicted molar refractivity (Wildman–Crippen MR) is 376 cm³/mol. The van der Waals surface area contributed by atoms with Gasteiger partial charge in [-0.3, -0.25) is 14.1 Å². The summed E-state index contributed by atoms with van der Waals surface area (Å²) in [7, 11) is -5.33. The van der Waals surface area contributed by atoms with Crippen LogP contribution in [0, 0.1) is 59.2 Å². The first-order valence-corrected chi connectivity index (χ1v) is 40.1. The van der Waals surface area contributed by atoms with E-state index in [1.165, 1.54) is 167 Å². The molecular formula is C76H146O17S. The van der Waals surface area contributed by atoms with Gasteiger partial charge in [-0.15, -0.1) is 0 Å². The maximum atomic E-state index is 14.2. The molecule has 0 amide bonds. The molecule has 0 bridgehead atoms. The Balaban J connectivity index is 1.94. The zero-order valence-electron chi connectivity index (χ0n) is 61.7. The molecule has 0 spiro atoms. The largest absolute Gasteiger partial charge is 0.455 e. The van der Waals surface area contributed by atoms with Crippen molar-refractivity contribution in [2.45, 2.75) is 401 Å². The molecule has 2 rings (SSSR count). The summed E-state index contributed by atoms with van der Waals surface area (Å²) < 4.78 is 67.8. The van der Waals surface area contributed by atoms with Crippen molar-refractivity contribution in [3.63, 3.8) is 0 Å². The highest BCUT2D eigenvalue weighted by atomic mass is 32.3. The molecule has 18 heteroatoms. The lowest BCUT2D eigenvalue weighted by Crippen LogP contribution is -2.65. The van der Waals surface area contributed by atoms with E-state index in [1.54, 1.807) is 6.92 Å². The van der Waals surface area contributed by atoms with Gasteiger partial charge in [0.1, 0.15) is 30.5 Å². The highest BCUT2D eigenvalue weighted by molar-refractivity contribution is 7.80. The van der Waals surface area contributed by atoms with Gasteiger partial charge in [0.15, 0.2) is 24.6 Å². The molecule has 0 radical (unpaired) electrons. The van der Waals surface area contributed by atoms with Crippen molar-refractivity contribution in [2.75, 3.05) is 13.2 Å². The number of carbonyl (C=O) groups is 2. The van der Waals surface area contributed by atoms with Crippen molar-refractivity contribution in [1.82, 2.24) is 0 Å². The van der Waals surface area contributed by atoms with Crippen molar-refractivity contribution < 1.29 is 81.1 Å². The number of hydrogen-bond acceptors (Lipinski definition) is 16. The van der Waals surface area contributed by atoms with E-state index in [4.69, 9.17) is 23.7 Å². The van der Waals surface area contributed by atoms with Crippen LogP contribution in [0.2, 0.25) is 0 Å². The summed E-state index contributed by atoms with van der Waals surface area (Å²) in [4.78, 5) is 27.8. The molecule has 2 fully saturated rings. The average Bonchev–Trinajstić information content (AvgIpc) is 0.790. The van der Waals surface area contributed by atoms with Gasteiger partial charge in [0.25, 0.3) is 0 Å². The normalized spacial score (nSPS) is 25.6. The number of carbonyl (C=O) groups excluding carboxylic acids is 2. The standard InChI is InChI=1S/C76H146O17S/c1-13-15-17-19-21-23-25-27-28-30-32-34-36-38-40-42-67(80)90-71-69(82)66(53-78)89-76(92-75-72(93-94(85,86)87)70(83)68(81)65(52-77)88-75)73(71)91-74(84)63(12)51-61(10)49-59(8)47-57(6)45-55(4)43-54(3)44-56(5)46-58(7)48-60(9)50-62(11)64(79)41-39-37-35-33-31-29-26-24-22-20-18-16-14-2/h54-66,68-73,75-79,81-83H,13-53H2,1-12H3,(H,85,86,87). The molecule has 0 aliphatic carbocycles. The fraction of sp³-hybridized carbons (Fsp3) is 0.974. The van der Waals surface area contributed by atoms with Crippen LogP contribution in [0.25, 0.3) is 0 Å². The minimum atomic E-state index is -5.33. The summed E-state index contributed by atoms with van der Waals surface area (Å²) in [5.74, 6) is 2.23. The number of hydrogen-bond donors (Lipinski definition) is 7. The lowest BCUT2D eigenvalue weighted by molar-refractivity contribution is -0.374. The van der Waals surface area contributed by atoms with Crippen molar-refractivity contribution >= 4 is 22.3 Å². The molecular weight excluding hydrogens is 1220 g/mol. The third kappa shape index (κ3) is 39.4. The Bertz CT molecular complexity index is 1980.